The Morgan fingerprint density at radius 3 is 2.70 bits per heavy atom. The molecule has 0 spiro atoms. The molecule has 0 amide bonds. The van der Waals surface area contributed by atoms with Crippen molar-refractivity contribution in [3.63, 3.8) is 0 Å². The van der Waals surface area contributed by atoms with Crippen molar-refractivity contribution in [2.75, 3.05) is 13.1 Å². The van der Waals surface area contributed by atoms with E-state index in [0.29, 0.717) is 29.4 Å². The molecule has 5 nitrogen and oxygen atoms in total. The van der Waals surface area contributed by atoms with E-state index < -0.39 is 0 Å². The summed E-state index contributed by atoms with van der Waals surface area (Å²) < 4.78 is 2.14. The summed E-state index contributed by atoms with van der Waals surface area (Å²) in [6.45, 7) is 8.87. The first-order valence-electron chi connectivity index (χ1n) is 13.8. The number of likely N-dealkylation sites (tertiary alicyclic amines) is 1. The highest BCUT2D eigenvalue weighted by Gasteiger charge is 2.42. The summed E-state index contributed by atoms with van der Waals surface area (Å²) in [6, 6.07) is 9.09. The molecule has 2 aromatic heterocycles. The fourth-order valence-electron chi connectivity index (χ4n) is 7.47. The molecule has 1 saturated heterocycles. The smallest absolute Gasteiger partial charge is 0.167 e. The number of aromatic nitrogens is 2. The number of carbonyl (C=O) groups excluding carboxylic acids is 1. The van der Waals surface area contributed by atoms with Gasteiger partial charge in [0.1, 0.15) is 5.65 Å². The van der Waals surface area contributed by atoms with Crippen molar-refractivity contribution < 1.29 is 4.79 Å². The van der Waals surface area contributed by atoms with Crippen molar-refractivity contribution in [2.45, 2.75) is 57.8 Å². The van der Waals surface area contributed by atoms with E-state index in [1.165, 1.54) is 42.3 Å². The number of pyridine rings is 1. The van der Waals surface area contributed by atoms with Crippen LogP contribution in [0.2, 0.25) is 0 Å². The van der Waals surface area contributed by atoms with Gasteiger partial charge in [0.2, 0.25) is 0 Å². The number of rotatable bonds is 6. The minimum atomic E-state index is 0.0197. The Kier molecular flexibility index (Phi) is 6.15. The van der Waals surface area contributed by atoms with Crippen molar-refractivity contribution in [3.05, 3.63) is 76.8 Å². The van der Waals surface area contributed by atoms with Crippen molar-refractivity contribution in [3.8, 4) is 6.07 Å². The lowest BCUT2D eigenvalue weighted by molar-refractivity contribution is 0.0992. The average molecular weight is 493 g/mol. The van der Waals surface area contributed by atoms with Crippen LogP contribution in [-0.4, -0.2) is 33.3 Å². The lowest BCUT2D eigenvalue weighted by Gasteiger charge is -2.39. The number of hydrogen-bond acceptors (Lipinski definition) is 4. The second-order valence-electron chi connectivity index (χ2n) is 11.6. The van der Waals surface area contributed by atoms with Crippen LogP contribution in [0.25, 0.3) is 11.0 Å². The van der Waals surface area contributed by atoms with Crippen LogP contribution in [-0.2, 0) is 13.5 Å². The zero-order valence-corrected chi connectivity index (χ0v) is 22.0. The molecule has 1 aromatic carbocycles. The molecule has 2 bridgehead atoms. The van der Waals surface area contributed by atoms with Crippen LogP contribution in [0.3, 0.4) is 0 Å². The van der Waals surface area contributed by atoms with Gasteiger partial charge in [0.25, 0.3) is 0 Å². The van der Waals surface area contributed by atoms with Gasteiger partial charge in [-0.2, -0.15) is 5.26 Å². The lowest BCUT2D eigenvalue weighted by atomic mass is 9.84. The standard InChI is InChI=1S/C32H36N4O/c1-20-27(16-30(37)26-6-4-5-23(14-26)17-33)18-34-32-31(20)29(19-35(32)3)24-9-11-36(12-10-24)21(2)28-15-22-7-8-25(28)13-22/h4-6,14,18-19,22,24-25,28H,2,7-13,15-16H2,1,3H3/t22-,25+,28?/m1/s1. The molecular weight excluding hydrogens is 456 g/mol. The third-order valence-corrected chi connectivity index (χ3v) is 9.55. The molecular formula is C32H36N4O. The highest BCUT2D eigenvalue weighted by atomic mass is 16.1. The Morgan fingerprint density at radius 1 is 1.19 bits per heavy atom. The van der Waals surface area contributed by atoms with Gasteiger partial charge < -0.3 is 9.47 Å². The van der Waals surface area contributed by atoms with Gasteiger partial charge in [0.05, 0.1) is 11.6 Å². The van der Waals surface area contributed by atoms with Crippen molar-refractivity contribution in [1.82, 2.24) is 14.5 Å². The summed E-state index contributed by atoms with van der Waals surface area (Å²) in [5.41, 5.74) is 6.97. The predicted octanol–water partition coefficient (Wildman–Crippen LogP) is 6.31. The molecule has 3 aliphatic rings. The van der Waals surface area contributed by atoms with Gasteiger partial charge in [-0.3, -0.25) is 4.79 Å². The predicted molar refractivity (Wildman–Crippen MR) is 146 cm³/mol. The molecule has 1 unspecified atom stereocenters. The topological polar surface area (TPSA) is 61.9 Å². The number of ketones is 1. The number of fused-ring (bicyclic) bond motifs is 3. The Hall–Kier alpha value is -3.39. The zero-order valence-electron chi connectivity index (χ0n) is 22.0. The van der Waals surface area contributed by atoms with Crippen molar-refractivity contribution in [1.29, 1.82) is 5.26 Å². The third kappa shape index (κ3) is 4.27. The molecule has 190 valence electrons. The summed E-state index contributed by atoms with van der Waals surface area (Å²) in [4.78, 5) is 20.4. The Bertz CT molecular complexity index is 1420. The van der Waals surface area contributed by atoms with Crippen molar-refractivity contribution in [2.24, 2.45) is 24.8 Å². The van der Waals surface area contributed by atoms with Gasteiger partial charge in [0, 0.05) is 61.5 Å². The fraction of sp³-hybridized carbons (Fsp3) is 0.469. The normalized spacial score (nSPS) is 23.5. The van der Waals surface area contributed by atoms with Gasteiger partial charge in [-0.15, -0.1) is 0 Å². The third-order valence-electron chi connectivity index (χ3n) is 9.55. The molecule has 3 atom stereocenters. The molecule has 6 rings (SSSR count). The number of carbonyl (C=O) groups is 1. The number of piperidine rings is 1. The van der Waals surface area contributed by atoms with E-state index in [2.05, 4.69) is 42.3 Å². The van der Waals surface area contributed by atoms with Crippen LogP contribution in [0, 0.1) is 36.0 Å². The minimum absolute atomic E-state index is 0.0197. The Labute approximate surface area is 219 Å². The van der Waals surface area contributed by atoms with E-state index in [-0.39, 0.29) is 5.78 Å². The van der Waals surface area contributed by atoms with Gasteiger partial charge in [-0.05, 0) is 85.6 Å². The second kappa shape index (κ2) is 9.49. The maximum absolute atomic E-state index is 13.1. The zero-order chi connectivity index (χ0) is 25.7. The quantitative estimate of drug-likeness (QED) is 0.379. The summed E-state index contributed by atoms with van der Waals surface area (Å²) in [5, 5.41) is 10.4. The maximum atomic E-state index is 13.1. The minimum Gasteiger partial charge on any atom is -0.375 e. The molecule has 2 aliphatic carbocycles. The fourth-order valence-corrected chi connectivity index (χ4v) is 7.47. The summed E-state index contributed by atoms with van der Waals surface area (Å²) in [7, 11) is 2.07. The van der Waals surface area contributed by atoms with Crippen LogP contribution in [0.5, 0.6) is 0 Å². The SMILES string of the molecule is C=C(C1C[C@@H]2CC[C@H]1C2)N1CCC(c2cn(C)c3ncc(CC(=O)c4cccc(C#N)c4)c(C)c23)CC1. The van der Waals surface area contributed by atoms with Gasteiger partial charge in [-0.1, -0.05) is 25.1 Å². The van der Waals surface area contributed by atoms with Crippen LogP contribution in [0.4, 0.5) is 0 Å². The number of hydrogen-bond donors (Lipinski definition) is 0. The monoisotopic (exact) mass is 492 g/mol. The highest BCUT2D eigenvalue weighted by Crippen LogP contribution is 2.51. The van der Waals surface area contributed by atoms with E-state index in [4.69, 9.17) is 4.98 Å². The number of benzene rings is 1. The first-order chi connectivity index (χ1) is 17.9. The van der Waals surface area contributed by atoms with Gasteiger partial charge in [-0.25, -0.2) is 4.98 Å². The molecule has 0 radical (unpaired) electrons. The largest absolute Gasteiger partial charge is 0.375 e. The van der Waals surface area contributed by atoms with Crippen LogP contribution >= 0.6 is 0 Å². The maximum Gasteiger partial charge on any atom is 0.167 e. The van der Waals surface area contributed by atoms with Gasteiger partial charge >= 0.3 is 0 Å². The van der Waals surface area contributed by atoms with E-state index >= 15 is 0 Å². The molecule has 0 N–H and O–H groups in total. The number of allylic oxidation sites excluding steroid dienone is 1. The average Bonchev–Trinajstić information content (AvgIpc) is 3.65. The molecule has 3 fully saturated rings. The summed E-state index contributed by atoms with van der Waals surface area (Å²) in [6.07, 6.45) is 12.3. The molecule has 2 saturated carbocycles. The molecule has 5 heteroatoms. The number of nitrogens with zero attached hydrogens (tertiary/aromatic N) is 4. The Morgan fingerprint density at radius 2 is 2.00 bits per heavy atom. The van der Waals surface area contributed by atoms with Crippen LogP contribution < -0.4 is 0 Å². The lowest BCUT2D eigenvalue weighted by Crippen LogP contribution is -2.35. The van der Waals surface area contributed by atoms with E-state index in [1.807, 2.05) is 6.20 Å². The number of aryl methyl sites for hydroxylation is 2. The molecule has 1 aliphatic heterocycles. The first kappa shape index (κ1) is 24.0. The summed E-state index contributed by atoms with van der Waals surface area (Å²) in [5.74, 6) is 3.06. The number of Topliss-reactive ketones (excluding diaryl/α,β-unsaturated/α-hetero) is 1. The number of nitriles is 1. The van der Waals surface area contributed by atoms with E-state index in [0.717, 1.165) is 54.5 Å². The first-order valence-corrected chi connectivity index (χ1v) is 13.8. The second-order valence-corrected chi connectivity index (χ2v) is 11.6. The van der Waals surface area contributed by atoms with Crippen LogP contribution in [0.1, 0.15) is 77.1 Å². The van der Waals surface area contributed by atoms with Gasteiger partial charge in [0.15, 0.2) is 5.78 Å². The van der Waals surface area contributed by atoms with E-state index in [1.54, 1.807) is 24.3 Å². The Balaban J connectivity index is 1.21. The summed E-state index contributed by atoms with van der Waals surface area (Å²) >= 11 is 0. The molecule has 3 aromatic rings. The van der Waals surface area contributed by atoms with Crippen molar-refractivity contribution >= 4 is 16.8 Å². The molecule has 3 heterocycles. The molecule has 37 heavy (non-hydrogen) atoms. The van der Waals surface area contributed by atoms with E-state index in [9.17, 15) is 10.1 Å². The van der Waals surface area contributed by atoms with Crippen LogP contribution in [0.15, 0.2) is 48.9 Å². The highest BCUT2D eigenvalue weighted by molar-refractivity contribution is 5.98.